The van der Waals surface area contributed by atoms with Crippen molar-refractivity contribution in [1.29, 1.82) is 0 Å². The molecular formula is C12H18O3. The molecule has 0 heterocycles. The van der Waals surface area contributed by atoms with Crippen LogP contribution in [0.3, 0.4) is 0 Å². The van der Waals surface area contributed by atoms with Crippen LogP contribution >= 0.6 is 0 Å². The normalized spacial score (nSPS) is 12.8. The van der Waals surface area contributed by atoms with Crippen LogP contribution in [0, 0.1) is 17.8 Å². The molecule has 0 bridgehead atoms. The molecule has 3 heteroatoms. The van der Waals surface area contributed by atoms with Gasteiger partial charge in [-0.1, -0.05) is 19.8 Å². The van der Waals surface area contributed by atoms with Crippen molar-refractivity contribution >= 4 is 6.16 Å². The first-order chi connectivity index (χ1) is 7.01. The smallest absolute Gasteiger partial charge is 0.438 e. The minimum atomic E-state index is -0.665. The van der Waals surface area contributed by atoms with Crippen LogP contribution in [0.25, 0.3) is 0 Å². The molecular weight excluding hydrogens is 192 g/mol. The van der Waals surface area contributed by atoms with E-state index in [1.165, 1.54) is 7.11 Å². The van der Waals surface area contributed by atoms with Crippen molar-refractivity contribution in [1.82, 2.24) is 0 Å². The monoisotopic (exact) mass is 210 g/mol. The third-order valence-corrected chi connectivity index (χ3v) is 1.79. The maximum Gasteiger partial charge on any atom is 0.508 e. The lowest BCUT2D eigenvalue weighted by molar-refractivity contribution is 0.0379. The van der Waals surface area contributed by atoms with Gasteiger partial charge in [-0.25, -0.2) is 4.79 Å². The fraction of sp³-hybridized carbons (Fsp3) is 0.583. The standard InChI is InChI=1S/C12H18O3/c1-6-7-10(4)8-11(9(2)3)15-12(13)14-5/h8-9,11H,1-5H3/b10-8+. The molecule has 3 nitrogen and oxygen atoms in total. The molecule has 0 aliphatic carbocycles. The summed E-state index contributed by atoms with van der Waals surface area (Å²) < 4.78 is 9.52. The summed E-state index contributed by atoms with van der Waals surface area (Å²) >= 11 is 0. The van der Waals surface area contributed by atoms with E-state index in [4.69, 9.17) is 4.74 Å². The van der Waals surface area contributed by atoms with Crippen molar-refractivity contribution in [3.8, 4) is 11.8 Å². The lowest BCUT2D eigenvalue weighted by Gasteiger charge is -2.17. The predicted molar refractivity (Wildman–Crippen MR) is 59.3 cm³/mol. The second-order valence-electron chi connectivity index (χ2n) is 3.51. The Morgan fingerprint density at radius 1 is 1.40 bits per heavy atom. The van der Waals surface area contributed by atoms with Crippen molar-refractivity contribution in [2.75, 3.05) is 7.11 Å². The van der Waals surface area contributed by atoms with E-state index in [1.54, 1.807) is 6.92 Å². The van der Waals surface area contributed by atoms with E-state index < -0.39 is 6.16 Å². The third kappa shape index (κ3) is 5.79. The van der Waals surface area contributed by atoms with Crippen molar-refractivity contribution < 1.29 is 14.3 Å². The Morgan fingerprint density at radius 3 is 2.40 bits per heavy atom. The van der Waals surface area contributed by atoms with Crippen LogP contribution in [0.4, 0.5) is 4.79 Å². The molecule has 84 valence electrons. The van der Waals surface area contributed by atoms with Gasteiger partial charge in [-0.05, 0) is 31.4 Å². The van der Waals surface area contributed by atoms with Gasteiger partial charge in [0.1, 0.15) is 6.10 Å². The van der Waals surface area contributed by atoms with Crippen molar-refractivity contribution in [3.63, 3.8) is 0 Å². The van der Waals surface area contributed by atoms with Gasteiger partial charge in [0.25, 0.3) is 0 Å². The molecule has 0 saturated heterocycles. The highest BCUT2D eigenvalue weighted by Crippen LogP contribution is 2.11. The number of carbonyl (C=O) groups is 1. The summed E-state index contributed by atoms with van der Waals surface area (Å²) in [5.74, 6) is 5.88. The van der Waals surface area contributed by atoms with Gasteiger partial charge in [-0.2, -0.15) is 0 Å². The van der Waals surface area contributed by atoms with Gasteiger partial charge in [0, 0.05) is 0 Å². The number of hydrogen-bond donors (Lipinski definition) is 0. The molecule has 0 aliphatic rings. The van der Waals surface area contributed by atoms with Gasteiger partial charge in [0.05, 0.1) is 7.11 Å². The fourth-order valence-electron chi connectivity index (χ4n) is 1.01. The van der Waals surface area contributed by atoms with Crippen molar-refractivity contribution in [2.45, 2.75) is 33.8 Å². The largest absolute Gasteiger partial charge is 0.508 e. The predicted octanol–water partition coefficient (Wildman–Crippen LogP) is 2.76. The Balaban J connectivity index is 4.58. The van der Waals surface area contributed by atoms with Crippen LogP contribution in [-0.2, 0) is 9.47 Å². The van der Waals surface area contributed by atoms with Crippen LogP contribution in [0.5, 0.6) is 0 Å². The quantitative estimate of drug-likeness (QED) is 0.530. The van der Waals surface area contributed by atoms with E-state index in [-0.39, 0.29) is 12.0 Å². The Bertz CT molecular complexity index is 292. The van der Waals surface area contributed by atoms with Gasteiger partial charge in [-0.3, -0.25) is 0 Å². The molecule has 0 aromatic rings. The molecule has 0 aromatic carbocycles. The topological polar surface area (TPSA) is 35.5 Å². The summed E-state index contributed by atoms with van der Waals surface area (Å²) in [5.41, 5.74) is 0.889. The Labute approximate surface area is 91.5 Å². The van der Waals surface area contributed by atoms with Gasteiger partial charge in [-0.15, -0.1) is 5.92 Å². The van der Waals surface area contributed by atoms with Gasteiger partial charge in [0.2, 0.25) is 0 Å². The number of allylic oxidation sites excluding steroid dienone is 1. The minimum absolute atomic E-state index is 0.192. The summed E-state index contributed by atoms with van der Waals surface area (Å²) in [6.45, 7) is 7.59. The number of rotatable bonds is 3. The van der Waals surface area contributed by atoms with Gasteiger partial charge < -0.3 is 9.47 Å². The highest BCUT2D eigenvalue weighted by Gasteiger charge is 2.16. The Kier molecular flexibility index (Phi) is 6.28. The molecule has 1 unspecified atom stereocenters. The highest BCUT2D eigenvalue weighted by molar-refractivity contribution is 5.60. The summed E-state index contributed by atoms with van der Waals surface area (Å²) in [6, 6.07) is 0. The Hall–Kier alpha value is -1.43. The zero-order valence-corrected chi connectivity index (χ0v) is 9.96. The highest BCUT2D eigenvalue weighted by atomic mass is 16.7. The van der Waals surface area contributed by atoms with Crippen LogP contribution in [0.2, 0.25) is 0 Å². The maximum absolute atomic E-state index is 11.0. The second-order valence-corrected chi connectivity index (χ2v) is 3.51. The molecule has 0 spiro atoms. The number of carbonyl (C=O) groups excluding carboxylic acids is 1. The van der Waals surface area contributed by atoms with Crippen LogP contribution in [0.1, 0.15) is 27.7 Å². The third-order valence-electron chi connectivity index (χ3n) is 1.79. The first-order valence-electron chi connectivity index (χ1n) is 4.87. The molecule has 0 saturated carbocycles. The number of hydrogen-bond acceptors (Lipinski definition) is 3. The fourth-order valence-corrected chi connectivity index (χ4v) is 1.01. The zero-order chi connectivity index (χ0) is 11.8. The first kappa shape index (κ1) is 13.6. The molecule has 0 fully saturated rings. The molecule has 0 rings (SSSR count). The second kappa shape index (κ2) is 6.94. The van der Waals surface area contributed by atoms with Gasteiger partial charge in [0.15, 0.2) is 0 Å². The van der Waals surface area contributed by atoms with Crippen LogP contribution in [-0.4, -0.2) is 19.4 Å². The SMILES string of the molecule is CC#C/C(C)=C/C(OC(=O)OC)C(C)C. The Morgan fingerprint density at radius 2 is 2.00 bits per heavy atom. The molecule has 0 amide bonds. The van der Waals surface area contributed by atoms with Crippen LogP contribution < -0.4 is 0 Å². The molecule has 0 radical (unpaired) electrons. The van der Waals surface area contributed by atoms with Gasteiger partial charge >= 0.3 is 6.16 Å². The molecule has 0 aromatic heterocycles. The summed E-state index contributed by atoms with van der Waals surface area (Å²) in [6.07, 6.45) is 0.874. The van der Waals surface area contributed by atoms with E-state index in [1.807, 2.05) is 26.8 Å². The number of methoxy groups -OCH3 is 1. The van der Waals surface area contributed by atoms with Crippen molar-refractivity contribution in [2.24, 2.45) is 5.92 Å². The number of ether oxygens (including phenoxy) is 2. The average Bonchev–Trinajstić information content (AvgIpc) is 2.16. The maximum atomic E-state index is 11.0. The lowest BCUT2D eigenvalue weighted by Crippen LogP contribution is -2.21. The summed E-state index contributed by atoms with van der Waals surface area (Å²) in [5, 5.41) is 0. The van der Waals surface area contributed by atoms with E-state index in [0.717, 1.165) is 5.57 Å². The molecule has 15 heavy (non-hydrogen) atoms. The molecule has 0 N–H and O–H groups in total. The van der Waals surface area contributed by atoms with E-state index in [2.05, 4.69) is 16.6 Å². The summed E-state index contributed by atoms with van der Waals surface area (Å²) in [7, 11) is 1.29. The van der Waals surface area contributed by atoms with E-state index in [0.29, 0.717) is 0 Å². The lowest BCUT2D eigenvalue weighted by atomic mass is 10.0. The average molecular weight is 210 g/mol. The van der Waals surface area contributed by atoms with E-state index >= 15 is 0 Å². The van der Waals surface area contributed by atoms with Crippen LogP contribution in [0.15, 0.2) is 11.6 Å². The van der Waals surface area contributed by atoms with Crippen molar-refractivity contribution in [3.05, 3.63) is 11.6 Å². The molecule has 0 aliphatic heterocycles. The molecule has 1 atom stereocenters. The van der Waals surface area contributed by atoms with E-state index in [9.17, 15) is 4.79 Å². The summed E-state index contributed by atoms with van der Waals surface area (Å²) in [4.78, 5) is 11.0. The minimum Gasteiger partial charge on any atom is -0.438 e. The zero-order valence-electron chi connectivity index (χ0n) is 9.96. The first-order valence-corrected chi connectivity index (χ1v) is 4.87.